The van der Waals surface area contributed by atoms with Crippen LogP contribution in [-0.4, -0.2) is 30.4 Å². The standard InChI is InChI=1S/C20H24O5/c1-5-13(3)19(22)24-17-10-15(11-21)8-6-7-12(2)9-16-18(17)14(4)20(23)25-16/h5,8-9,11,16-18H,4,6-7,10H2,1-3H3/b12-9?,13-5+,15-8?/t16-,17-,18+/m1/s1. The zero-order chi connectivity index (χ0) is 18.6. The maximum Gasteiger partial charge on any atom is 0.334 e. The van der Waals surface area contributed by atoms with Crippen LogP contribution in [0.5, 0.6) is 0 Å². The third kappa shape index (κ3) is 4.35. The molecule has 0 aromatic heterocycles. The molecule has 0 radical (unpaired) electrons. The van der Waals surface area contributed by atoms with Crippen LogP contribution < -0.4 is 0 Å². The number of rotatable bonds is 3. The molecule has 134 valence electrons. The first-order chi connectivity index (χ1) is 11.9. The summed E-state index contributed by atoms with van der Waals surface area (Å²) in [5, 5.41) is 0. The predicted molar refractivity (Wildman–Crippen MR) is 93.6 cm³/mol. The van der Waals surface area contributed by atoms with Crippen molar-refractivity contribution in [1.29, 1.82) is 0 Å². The van der Waals surface area contributed by atoms with Crippen LogP contribution in [0.3, 0.4) is 0 Å². The lowest BCUT2D eigenvalue weighted by molar-refractivity contribution is -0.147. The molecule has 2 rings (SSSR count). The number of hydrogen-bond acceptors (Lipinski definition) is 5. The molecule has 2 aliphatic rings. The summed E-state index contributed by atoms with van der Waals surface area (Å²) in [6.07, 6.45) is 6.67. The Morgan fingerprint density at radius 1 is 1.44 bits per heavy atom. The van der Waals surface area contributed by atoms with Crippen molar-refractivity contribution in [2.24, 2.45) is 5.92 Å². The molecule has 1 aliphatic carbocycles. The minimum Gasteiger partial charge on any atom is -0.458 e. The summed E-state index contributed by atoms with van der Waals surface area (Å²) in [7, 11) is 0. The normalized spacial score (nSPS) is 27.6. The fourth-order valence-corrected chi connectivity index (χ4v) is 3.03. The molecule has 1 heterocycles. The summed E-state index contributed by atoms with van der Waals surface area (Å²) in [5.41, 5.74) is 2.34. The van der Waals surface area contributed by atoms with Gasteiger partial charge in [0.15, 0.2) is 0 Å². The summed E-state index contributed by atoms with van der Waals surface area (Å²) in [6, 6.07) is 0. The zero-order valence-electron chi connectivity index (χ0n) is 14.9. The lowest BCUT2D eigenvalue weighted by Crippen LogP contribution is -2.34. The molecule has 5 heteroatoms. The van der Waals surface area contributed by atoms with E-state index in [1.165, 1.54) is 0 Å². The van der Waals surface area contributed by atoms with E-state index >= 15 is 0 Å². The van der Waals surface area contributed by atoms with Gasteiger partial charge < -0.3 is 9.47 Å². The van der Waals surface area contributed by atoms with Crippen LogP contribution in [0.1, 0.15) is 40.0 Å². The molecule has 0 amide bonds. The fourth-order valence-electron chi connectivity index (χ4n) is 3.03. The van der Waals surface area contributed by atoms with Gasteiger partial charge in [-0.1, -0.05) is 24.3 Å². The van der Waals surface area contributed by atoms with Crippen LogP contribution in [0.15, 0.2) is 47.1 Å². The van der Waals surface area contributed by atoms with E-state index in [1.807, 2.05) is 19.1 Å². The molecular weight excluding hydrogens is 320 g/mol. The highest BCUT2D eigenvalue weighted by molar-refractivity contribution is 5.92. The fraction of sp³-hybridized carbons (Fsp3) is 0.450. The number of esters is 2. The molecule has 1 fully saturated rings. The van der Waals surface area contributed by atoms with Crippen molar-refractivity contribution in [3.05, 3.63) is 47.1 Å². The second-order valence-electron chi connectivity index (χ2n) is 6.49. The molecule has 1 saturated heterocycles. The molecule has 0 unspecified atom stereocenters. The van der Waals surface area contributed by atoms with Crippen molar-refractivity contribution < 1.29 is 23.9 Å². The first-order valence-electron chi connectivity index (χ1n) is 8.42. The number of ether oxygens (including phenoxy) is 2. The lowest BCUT2D eigenvalue weighted by atomic mass is 9.85. The van der Waals surface area contributed by atoms with Crippen molar-refractivity contribution in [1.82, 2.24) is 0 Å². The van der Waals surface area contributed by atoms with Crippen molar-refractivity contribution in [3.8, 4) is 0 Å². The van der Waals surface area contributed by atoms with E-state index in [1.54, 1.807) is 19.9 Å². The monoisotopic (exact) mass is 344 g/mol. The van der Waals surface area contributed by atoms with Crippen LogP contribution in [0.2, 0.25) is 0 Å². The Morgan fingerprint density at radius 2 is 2.16 bits per heavy atom. The van der Waals surface area contributed by atoms with Gasteiger partial charge in [0.2, 0.25) is 0 Å². The van der Waals surface area contributed by atoms with E-state index in [-0.39, 0.29) is 12.0 Å². The molecule has 3 atom stereocenters. The van der Waals surface area contributed by atoms with Crippen LogP contribution in [-0.2, 0) is 23.9 Å². The van der Waals surface area contributed by atoms with Crippen LogP contribution in [0, 0.1) is 5.92 Å². The van der Waals surface area contributed by atoms with Gasteiger partial charge in [-0.05, 0) is 45.3 Å². The smallest absolute Gasteiger partial charge is 0.334 e. The van der Waals surface area contributed by atoms with Crippen molar-refractivity contribution >= 4 is 18.2 Å². The number of allylic oxidation sites excluding steroid dienone is 3. The van der Waals surface area contributed by atoms with Gasteiger partial charge in [-0.15, -0.1) is 0 Å². The van der Waals surface area contributed by atoms with Gasteiger partial charge in [0.1, 0.15) is 18.5 Å². The molecule has 0 bridgehead atoms. The number of carbonyl (C=O) groups excluding carboxylic acids is 3. The zero-order valence-corrected chi connectivity index (χ0v) is 14.9. The number of carbonyl (C=O) groups is 3. The highest BCUT2D eigenvalue weighted by atomic mass is 16.6. The molecular formula is C20H24O5. The number of fused-ring (bicyclic) bond motifs is 1. The van der Waals surface area contributed by atoms with Crippen LogP contribution >= 0.6 is 0 Å². The lowest BCUT2D eigenvalue weighted by Gasteiger charge is -2.27. The molecule has 0 N–H and O–H groups in total. The third-order valence-corrected chi connectivity index (χ3v) is 4.66. The van der Waals surface area contributed by atoms with Crippen molar-refractivity contribution in [2.75, 3.05) is 0 Å². The Hall–Kier alpha value is -2.43. The Kier molecular flexibility index (Phi) is 6.12. The first kappa shape index (κ1) is 18.9. The molecule has 1 aliphatic heterocycles. The largest absolute Gasteiger partial charge is 0.458 e. The van der Waals surface area contributed by atoms with Gasteiger partial charge >= 0.3 is 11.9 Å². The van der Waals surface area contributed by atoms with E-state index in [0.717, 1.165) is 18.3 Å². The van der Waals surface area contributed by atoms with E-state index in [9.17, 15) is 14.4 Å². The molecule has 0 aromatic rings. The molecule has 0 aromatic carbocycles. The Labute approximate surface area is 148 Å². The van der Waals surface area contributed by atoms with Crippen LogP contribution in [0.4, 0.5) is 0 Å². The van der Waals surface area contributed by atoms with Gasteiger partial charge in [-0.2, -0.15) is 0 Å². The summed E-state index contributed by atoms with van der Waals surface area (Å²) >= 11 is 0. The maximum atomic E-state index is 12.3. The molecule has 0 spiro atoms. The second kappa shape index (κ2) is 8.10. The molecule has 25 heavy (non-hydrogen) atoms. The summed E-state index contributed by atoms with van der Waals surface area (Å²) in [5.74, 6) is -1.46. The summed E-state index contributed by atoms with van der Waals surface area (Å²) < 4.78 is 11.1. The predicted octanol–water partition coefficient (Wildman–Crippen LogP) is 3.22. The Balaban J connectivity index is 2.42. The SMILES string of the molecule is C=C1C(=O)O[C@@H]2C=C(C)CCC=C(C=O)C[C@@H](OC(=O)/C(C)=C/C)[C@@H]12. The average molecular weight is 344 g/mol. The molecule has 5 nitrogen and oxygen atoms in total. The van der Waals surface area contributed by atoms with Crippen LogP contribution in [0.25, 0.3) is 0 Å². The maximum absolute atomic E-state index is 12.3. The Morgan fingerprint density at radius 3 is 2.80 bits per heavy atom. The van der Waals surface area contributed by atoms with Crippen molar-refractivity contribution in [3.63, 3.8) is 0 Å². The minimum absolute atomic E-state index is 0.232. The van der Waals surface area contributed by atoms with Crippen molar-refractivity contribution in [2.45, 2.75) is 52.2 Å². The summed E-state index contributed by atoms with van der Waals surface area (Å²) in [6.45, 7) is 9.18. The quantitative estimate of drug-likeness (QED) is 0.340. The highest BCUT2D eigenvalue weighted by Crippen LogP contribution is 2.36. The first-order valence-corrected chi connectivity index (χ1v) is 8.42. The topological polar surface area (TPSA) is 69.7 Å². The second-order valence-corrected chi connectivity index (χ2v) is 6.49. The van der Waals surface area contributed by atoms with Gasteiger partial charge in [-0.3, -0.25) is 4.79 Å². The third-order valence-electron chi connectivity index (χ3n) is 4.66. The van der Waals surface area contributed by atoms with Gasteiger partial charge in [0, 0.05) is 17.6 Å². The summed E-state index contributed by atoms with van der Waals surface area (Å²) in [4.78, 5) is 35.7. The highest BCUT2D eigenvalue weighted by Gasteiger charge is 2.44. The minimum atomic E-state index is -0.690. The van der Waals surface area contributed by atoms with Gasteiger partial charge in [0.25, 0.3) is 0 Å². The van der Waals surface area contributed by atoms with Gasteiger partial charge in [-0.25, -0.2) is 9.59 Å². The number of aldehydes is 1. The van der Waals surface area contributed by atoms with E-state index in [2.05, 4.69) is 6.58 Å². The van der Waals surface area contributed by atoms with Gasteiger partial charge in [0.05, 0.1) is 5.92 Å². The average Bonchev–Trinajstić information content (AvgIpc) is 2.85. The van der Waals surface area contributed by atoms with E-state index in [0.29, 0.717) is 17.6 Å². The Bertz CT molecular complexity index is 680. The molecule has 0 saturated carbocycles. The van der Waals surface area contributed by atoms with E-state index < -0.39 is 30.1 Å². The van der Waals surface area contributed by atoms with E-state index in [4.69, 9.17) is 9.47 Å². The number of hydrogen-bond donors (Lipinski definition) is 0.